The van der Waals surface area contributed by atoms with Gasteiger partial charge in [-0.1, -0.05) is 6.07 Å². The van der Waals surface area contributed by atoms with Crippen LogP contribution in [-0.2, 0) is 12.8 Å². The number of nitrogens with one attached hydrogen (secondary N) is 1. The van der Waals surface area contributed by atoms with Gasteiger partial charge in [0.05, 0.1) is 13.4 Å². The lowest BCUT2D eigenvalue weighted by molar-refractivity contribution is 0.397. The Morgan fingerprint density at radius 2 is 1.58 bits per heavy atom. The Morgan fingerprint density at radius 3 is 2.23 bits per heavy atom. The van der Waals surface area contributed by atoms with Gasteiger partial charge < -0.3 is 20.6 Å². The van der Waals surface area contributed by atoms with Gasteiger partial charge in [-0.25, -0.2) is 0 Å². The second-order valence-electron chi connectivity index (χ2n) is 6.05. The van der Waals surface area contributed by atoms with E-state index >= 15 is 0 Å². The van der Waals surface area contributed by atoms with Crippen molar-refractivity contribution in [3.8, 4) is 17.2 Å². The summed E-state index contributed by atoms with van der Waals surface area (Å²) in [4.78, 5) is 0. The smallest absolute Gasteiger partial charge is 0.174 e. The van der Waals surface area contributed by atoms with E-state index in [1.807, 2.05) is 12.1 Å². The van der Waals surface area contributed by atoms with Gasteiger partial charge in [-0.3, -0.25) is 0 Å². The molecule has 0 amide bonds. The molecule has 0 fully saturated rings. The van der Waals surface area contributed by atoms with Crippen molar-refractivity contribution in [3.63, 3.8) is 0 Å². The highest BCUT2D eigenvalue weighted by Gasteiger charge is 2.19. The molecule has 0 heterocycles. The van der Waals surface area contributed by atoms with Gasteiger partial charge in [-0.2, -0.15) is 0 Å². The number of halogens is 4. The maximum absolute atomic E-state index is 9.96. The minimum absolute atomic E-state index is 0.166. The molecule has 0 aliphatic rings. The summed E-state index contributed by atoms with van der Waals surface area (Å²) in [5, 5.41) is 32.8. The highest BCUT2D eigenvalue weighted by Crippen LogP contribution is 2.47. The summed E-state index contributed by atoms with van der Waals surface area (Å²) in [7, 11) is 0. The van der Waals surface area contributed by atoms with Gasteiger partial charge in [0, 0.05) is 10.5 Å². The molecular weight excluding hydrogens is 598 g/mol. The molecule has 0 aliphatic carbocycles. The number of hydrogen-bond donors (Lipinski definition) is 4. The number of aromatic hydroxyl groups is 3. The molecule has 4 N–H and O–H groups in total. The minimum atomic E-state index is -0.186. The normalized spacial score (nSPS) is 12.3. The van der Waals surface area contributed by atoms with Crippen LogP contribution < -0.4 is 5.32 Å². The second kappa shape index (κ2) is 9.78. The summed E-state index contributed by atoms with van der Waals surface area (Å²) in [6, 6.07) is 5.88. The Morgan fingerprint density at radius 1 is 0.923 bits per heavy atom. The topological polar surface area (TPSA) is 72.7 Å². The second-order valence-corrected chi connectivity index (χ2v) is 9.28. The van der Waals surface area contributed by atoms with E-state index in [1.54, 1.807) is 6.07 Å². The zero-order valence-electron chi connectivity index (χ0n) is 14.0. The zero-order valence-corrected chi connectivity index (χ0v) is 20.3. The van der Waals surface area contributed by atoms with Crippen molar-refractivity contribution < 1.29 is 15.3 Å². The largest absolute Gasteiger partial charge is 0.507 e. The van der Waals surface area contributed by atoms with Crippen molar-refractivity contribution in [2.24, 2.45) is 0 Å². The Labute approximate surface area is 186 Å². The van der Waals surface area contributed by atoms with E-state index in [-0.39, 0.29) is 17.2 Å². The van der Waals surface area contributed by atoms with Crippen LogP contribution in [-0.4, -0.2) is 27.9 Å². The van der Waals surface area contributed by atoms with E-state index in [9.17, 15) is 15.3 Å². The molecule has 0 saturated carbocycles. The lowest BCUT2D eigenvalue weighted by atomic mass is 10.1. The fourth-order valence-electron chi connectivity index (χ4n) is 2.54. The summed E-state index contributed by atoms with van der Waals surface area (Å²) in [6.07, 6.45) is 2.55. The maximum atomic E-state index is 9.96. The third kappa shape index (κ3) is 5.38. The summed E-state index contributed by atoms with van der Waals surface area (Å²) in [5.74, 6) is -0.102. The van der Waals surface area contributed by atoms with Crippen LogP contribution in [0.15, 0.2) is 36.1 Å². The number of phenolic OH excluding ortho intramolecular Hbond substituents is 3. The van der Waals surface area contributed by atoms with Crippen LogP contribution in [0.3, 0.4) is 0 Å². The number of phenols is 3. The Kier molecular flexibility index (Phi) is 8.28. The first-order valence-corrected chi connectivity index (χ1v) is 11.2. The first-order chi connectivity index (χ1) is 12.2. The fourth-order valence-corrected chi connectivity index (χ4v) is 4.83. The molecule has 0 spiro atoms. The molecule has 8 heteroatoms. The Balaban J connectivity index is 1.89. The van der Waals surface area contributed by atoms with Gasteiger partial charge in [0.1, 0.15) is 5.75 Å². The number of hydrogen-bond acceptors (Lipinski definition) is 4. The van der Waals surface area contributed by atoms with Crippen molar-refractivity contribution in [1.82, 2.24) is 5.32 Å². The Hall–Kier alpha value is -0.280. The summed E-state index contributed by atoms with van der Waals surface area (Å²) >= 11 is 13.4. The molecule has 0 saturated heterocycles. The third-order valence-electron chi connectivity index (χ3n) is 4.11. The summed E-state index contributed by atoms with van der Waals surface area (Å²) < 4.78 is 2.37. The van der Waals surface area contributed by atoms with Crippen LogP contribution in [0.4, 0.5) is 0 Å². The number of aryl methyl sites for hydroxylation is 1. The molecule has 4 nitrogen and oxygen atoms in total. The lowest BCUT2D eigenvalue weighted by Gasteiger charge is -2.16. The fraction of sp³-hybridized carbons (Fsp3) is 0.333. The predicted octanol–water partition coefficient (Wildman–Crippen LogP) is 6.01. The molecular formula is C18H19Br4NO3. The van der Waals surface area contributed by atoms with E-state index < -0.39 is 0 Å². The highest BCUT2D eigenvalue weighted by molar-refractivity contribution is 9.13. The molecule has 0 aromatic heterocycles. The Bertz CT molecular complexity index is 769. The molecule has 26 heavy (non-hydrogen) atoms. The van der Waals surface area contributed by atoms with Crippen molar-refractivity contribution in [3.05, 3.63) is 47.2 Å². The molecule has 1 atom stereocenters. The molecule has 1 unspecified atom stereocenters. The first kappa shape index (κ1) is 22.0. The quantitative estimate of drug-likeness (QED) is 0.227. The van der Waals surface area contributed by atoms with E-state index in [0.29, 0.717) is 25.9 Å². The van der Waals surface area contributed by atoms with Crippen LogP contribution in [0.1, 0.15) is 24.5 Å². The average molecular weight is 617 g/mol. The van der Waals surface area contributed by atoms with Crippen LogP contribution in [0.25, 0.3) is 0 Å². The van der Waals surface area contributed by atoms with E-state index in [2.05, 4.69) is 76.0 Å². The zero-order chi connectivity index (χ0) is 19.4. The molecule has 0 radical (unpaired) electrons. The summed E-state index contributed by atoms with van der Waals surface area (Å²) in [5.41, 5.74) is 2.05. The molecule has 2 aromatic rings. The van der Waals surface area contributed by atoms with E-state index in [4.69, 9.17) is 0 Å². The van der Waals surface area contributed by atoms with Crippen molar-refractivity contribution in [2.75, 3.05) is 6.54 Å². The molecule has 2 rings (SSSR count). The highest BCUT2D eigenvalue weighted by atomic mass is 79.9. The summed E-state index contributed by atoms with van der Waals surface area (Å²) in [6.45, 7) is 2.86. The first-order valence-electron chi connectivity index (χ1n) is 8.00. The third-order valence-corrected chi connectivity index (χ3v) is 7.78. The lowest BCUT2D eigenvalue weighted by Crippen LogP contribution is -2.28. The van der Waals surface area contributed by atoms with Gasteiger partial charge in [0.25, 0.3) is 0 Å². The van der Waals surface area contributed by atoms with Gasteiger partial charge in [0.2, 0.25) is 0 Å². The van der Waals surface area contributed by atoms with E-state index in [0.717, 1.165) is 29.4 Å². The van der Waals surface area contributed by atoms with Crippen molar-refractivity contribution in [1.29, 1.82) is 0 Å². The monoisotopic (exact) mass is 613 g/mol. The minimum Gasteiger partial charge on any atom is -0.507 e. The van der Waals surface area contributed by atoms with Crippen LogP contribution in [0.2, 0.25) is 0 Å². The van der Waals surface area contributed by atoms with Crippen molar-refractivity contribution in [2.45, 2.75) is 32.2 Å². The van der Waals surface area contributed by atoms with Crippen LogP contribution in [0, 0.1) is 0 Å². The van der Waals surface area contributed by atoms with Crippen LogP contribution in [0.5, 0.6) is 17.2 Å². The predicted molar refractivity (Wildman–Crippen MR) is 118 cm³/mol. The maximum Gasteiger partial charge on any atom is 0.174 e. The van der Waals surface area contributed by atoms with Crippen LogP contribution >= 0.6 is 63.7 Å². The molecule has 2 aromatic carbocycles. The van der Waals surface area contributed by atoms with Gasteiger partial charge in [-0.15, -0.1) is 0 Å². The van der Waals surface area contributed by atoms with E-state index in [1.165, 1.54) is 5.56 Å². The molecule has 0 aliphatic heterocycles. The molecule has 0 bridgehead atoms. The number of rotatable bonds is 7. The van der Waals surface area contributed by atoms with Crippen molar-refractivity contribution >= 4 is 63.7 Å². The standard InChI is InChI=1S/C18H19Br4NO3/c1-9(2-3-10-4-5-13(24)12(19)8-10)23-7-6-11-14(20)16(22)18(26)17(25)15(11)21/h4-5,8-9,23-26H,2-3,6-7H2,1H3. The van der Waals surface area contributed by atoms with Gasteiger partial charge in [0.15, 0.2) is 11.5 Å². The number of benzene rings is 2. The van der Waals surface area contributed by atoms with Gasteiger partial charge in [-0.05, 0) is 120 Å². The average Bonchev–Trinajstić information content (AvgIpc) is 2.62. The SMILES string of the molecule is CC(CCc1ccc(O)c(Br)c1)NCCc1c(Br)c(O)c(O)c(Br)c1Br. The van der Waals surface area contributed by atoms with Gasteiger partial charge >= 0.3 is 0 Å². The molecule has 142 valence electrons.